The number of carbonyl (C=O) groups is 1. The summed E-state index contributed by atoms with van der Waals surface area (Å²) in [6.45, 7) is 2.39. The Labute approximate surface area is 199 Å². The van der Waals surface area contributed by atoms with Crippen LogP contribution in [-0.2, 0) is 14.1 Å². The number of pyridine rings is 1. The van der Waals surface area contributed by atoms with E-state index in [0.29, 0.717) is 28.6 Å². The van der Waals surface area contributed by atoms with Gasteiger partial charge in [-0.3, -0.25) is 18.7 Å². The highest BCUT2D eigenvalue weighted by atomic mass is 35.5. The van der Waals surface area contributed by atoms with Crippen molar-refractivity contribution in [3.8, 4) is 16.9 Å². The van der Waals surface area contributed by atoms with Gasteiger partial charge in [-0.2, -0.15) is 0 Å². The maximum absolute atomic E-state index is 13.5. The molecule has 2 aromatic heterocycles. The summed E-state index contributed by atoms with van der Waals surface area (Å²) in [4.78, 5) is 43.4. The highest BCUT2D eigenvalue weighted by Gasteiger charge is 2.26. The molecule has 0 spiro atoms. The van der Waals surface area contributed by atoms with Gasteiger partial charge in [-0.25, -0.2) is 9.78 Å². The second-order valence-corrected chi connectivity index (χ2v) is 7.95. The molecule has 0 aliphatic rings. The van der Waals surface area contributed by atoms with Gasteiger partial charge in [0.25, 0.3) is 11.5 Å². The number of ether oxygens (including phenoxy) is 1. The van der Waals surface area contributed by atoms with E-state index in [1.165, 1.54) is 18.7 Å². The second kappa shape index (κ2) is 9.03. The molecule has 10 heteroatoms. The molecule has 4 rings (SSSR count). The van der Waals surface area contributed by atoms with Gasteiger partial charge in [0.05, 0.1) is 17.6 Å². The van der Waals surface area contributed by atoms with Crippen LogP contribution in [0, 0.1) is 0 Å². The maximum atomic E-state index is 13.5. The van der Waals surface area contributed by atoms with Crippen LogP contribution in [0.3, 0.4) is 0 Å². The summed E-state index contributed by atoms with van der Waals surface area (Å²) in [5.74, 6) is -0.0652. The molecular formula is C24H22ClN5O4. The molecule has 174 valence electrons. The van der Waals surface area contributed by atoms with E-state index in [2.05, 4.69) is 10.3 Å². The number of halogens is 1. The summed E-state index contributed by atoms with van der Waals surface area (Å²) in [7, 11) is 2.84. The van der Waals surface area contributed by atoms with Crippen molar-refractivity contribution in [1.82, 2.24) is 14.1 Å². The van der Waals surface area contributed by atoms with E-state index >= 15 is 0 Å². The fourth-order valence-electron chi connectivity index (χ4n) is 3.76. The average molecular weight is 480 g/mol. The molecule has 0 aliphatic heterocycles. The minimum atomic E-state index is -0.615. The number of amides is 1. The number of rotatable bonds is 5. The normalized spacial score (nSPS) is 10.9. The fourth-order valence-corrected chi connectivity index (χ4v) is 3.99. The van der Waals surface area contributed by atoms with E-state index in [9.17, 15) is 14.4 Å². The Balaban J connectivity index is 2.00. The van der Waals surface area contributed by atoms with Gasteiger partial charge in [0.1, 0.15) is 11.6 Å². The monoisotopic (exact) mass is 479 g/mol. The van der Waals surface area contributed by atoms with Crippen molar-refractivity contribution in [2.75, 3.05) is 17.7 Å². The van der Waals surface area contributed by atoms with Gasteiger partial charge < -0.3 is 15.8 Å². The molecule has 1 amide bonds. The van der Waals surface area contributed by atoms with E-state index in [4.69, 9.17) is 22.1 Å². The van der Waals surface area contributed by atoms with Crippen LogP contribution in [0.15, 0.2) is 58.1 Å². The van der Waals surface area contributed by atoms with Crippen molar-refractivity contribution in [3.63, 3.8) is 0 Å². The van der Waals surface area contributed by atoms with Gasteiger partial charge in [-0.15, -0.1) is 0 Å². The number of benzene rings is 2. The van der Waals surface area contributed by atoms with Crippen LogP contribution in [0.2, 0.25) is 5.02 Å². The number of fused-ring (bicyclic) bond motifs is 1. The van der Waals surface area contributed by atoms with Crippen molar-refractivity contribution >= 4 is 40.0 Å². The lowest BCUT2D eigenvalue weighted by atomic mass is 9.96. The standard InChI is InChI=1S/C24H22ClN5O4/c1-4-34-14-11-9-13(10-12-14)27-22(31)18-17(15-7-5-6-8-16(15)25)19-21(28-20(18)26)29(2)24(33)30(3)23(19)32/h5-12H,4H2,1-3H3,(H2,26,28)(H,27,31). The van der Waals surface area contributed by atoms with Crippen LogP contribution in [0.5, 0.6) is 5.75 Å². The first-order valence-corrected chi connectivity index (χ1v) is 10.8. The molecule has 3 N–H and O–H groups in total. The predicted molar refractivity (Wildman–Crippen MR) is 133 cm³/mol. The number of nitrogens with one attached hydrogen (secondary N) is 1. The Morgan fingerprint density at radius 2 is 1.76 bits per heavy atom. The fraction of sp³-hybridized carbons (Fsp3) is 0.167. The molecule has 0 atom stereocenters. The lowest BCUT2D eigenvalue weighted by Gasteiger charge is -2.17. The van der Waals surface area contributed by atoms with Crippen molar-refractivity contribution in [1.29, 1.82) is 0 Å². The molecule has 0 fully saturated rings. The van der Waals surface area contributed by atoms with Gasteiger partial charge in [-0.05, 0) is 37.3 Å². The van der Waals surface area contributed by atoms with Gasteiger partial charge in [0, 0.05) is 35.9 Å². The number of nitrogens with two attached hydrogens (primary N) is 1. The summed E-state index contributed by atoms with van der Waals surface area (Å²) < 4.78 is 7.59. The van der Waals surface area contributed by atoms with Crippen LogP contribution in [0.25, 0.3) is 22.2 Å². The molecule has 0 unspecified atom stereocenters. The third kappa shape index (κ3) is 3.90. The zero-order valence-corrected chi connectivity index (χ0v) is 19.5. The summed E-state index contributed by atoms with van der Waals surface area (Å²) in [6.07, 6.45) is 0. The number of hydrogen-bond acceptors (Lipinski definition) is 6. The molecule has 34 heavy (non-hydrogen) atoms. The van der Waals surface area contributed by atoms with E-state index in [-0.39, 0.29) is 28.0 Å². The summed E-state index contributed by atoms with van der Waals surface area (Å²) in [5, 5.41) is 3.15. The smallest absolute Gasteiger partial charge is 0.332 e. The zero-order chi connectivity index (χ0) is 24.6. The lowest BCUT2D eigenvalue weighted by Crippen LogP contribution is -2.38. The largest absolute Gasteiger partial charge is 0.494 e. The number of carbonyl (C=O) groups excluding carboxylic acids is 1. The van der Waals surface area contributed by atoms with Crippen molar-refractivity contribution in [2.45, 2.75) is 6.92 Å². The topological polar surface area (TPSA) is 121 Å². The zero-order valence-electron chi connectivity index (χ0n) is 18.8. The van der Waals surface area contributed by atoms with E-state index < -0.39 is 17.2 Å². The number of aryl methyl sites for hydroxylation is 1. The lowest BCUT2D eigenvalue weighted by molar-refractivity contribution is 0.102. The number of hydrogen-bond donors (Lipinski definition) is 2. The first-order chi connectivity index (χ1) is 16.2. The van der Waals surface area contributed by atoms with Gasteiger partial charge >= 0.3 is 5.69 Å². The van der Waals surface area contributed by atoms with E-state index in [1.807, 2.05) is 6.92 Å². The first kappa shape index (κ1) is 23.1. The third-order valence-electron chi connectivity index (χ3n) is 5.41. The van der Waals surface area contributed by atoms with Crippen LogP contribution in [0.1, 0.15) is 17.3 Å². The van der Waals surface area contributed by atoms with E-state index in [0.717, 1.165) is 4.57 Å². The molecule has 4 aromatic rings. The Morgan fingerprint density at radius 1 is 1.09 bits per heavy atom. The first-order valence-electron chi connectivity index (χ1n) is 10.4. The summed E-state index contributed by atoms with van der Waals surface area (Å²) in [5.41, 5.74) is 6.19. The SMILES string of the molecule is CCOc1ccc(NC(=O)c2c(N)nc3c(c2-c2ccccc2Cl)c(=O)n(C)c(=O)n3C)cc1. The Morgan fingerprint density at radius 3 is 2.41 bits per heavy atom. The van der Waals surface area contributed by atoms with Crippen LogP contribution in [0.4, 0.5) is 11.5 Å². The Kier molecular flexibility index (Phi) is 6.12. The number of aromatic nitrogens is 3. The Bertz CT molecular complexity index is 1540. The van der Waals surface area contributed by atoms with E-state index in [1.54, 1.807) is 48.5 Å². The Hall–Kier alpha value is -4.11. The van der Waals surface area contributed by atoms with Crippen molar-refractivity contribution in [2.24, 2.45) is 14.1 Å². The van der Waals surface area contributed by atoms with Crippen molar-refractivity contribution < 1.29 is 9.53 Å². The van der Waals surface area contributed by atoms with Crippen LogP contribution in [-0.4, -0.2) is 26.6 Å². The van der Waals surface area contributed by atoms with Gasteiger partial charge in [0.15, 0.2) is 5.65 Å². The molecule has 2 aromatic carbocycles. The van der Waals surface area contributed by atoms with Crippen LogP contribution >= 0.6 is 11.6 Å². The molecule has 9 nitrogen and oxygen atoms in total. The molecular weight excluding hydrogens is 458 g/mol. The van der Waals surface area contributed by atoms with Gasteiger partial charge in [0.2, 0.25) is 0 Å². The number of nitrogens with zero attached hydrogens (tertiary/aromatic N) is 3. The van der Waals surface area contributed by atoms with Crippen molar-refractivity contribution in [3.05, 3.63) is 80.0 Å². The second-order valence-electron chi connectivity index (χ2n) is 7.54. The van der Waals surface area contributed by atoms with Gasteiger partial charge in [-0.1, -0.05) is 29.8 Å². The summed E-state index contributed by atoms with van der Waals surface area (Å²) >= 11 is 6.47. The molecule has 0 aliphatic carbocycles. The molecule has 0 saturated heterocycles. The quantitative estimate of drug-likeness (QED) is 0.453. The number of anilines is 2. The minimum absolute atomic E-state index is 0.0229. The molecule has 0 radical (unpaired) electrons. The molecule has 0 saturated carbocycles. The highest BCUT2D eigenvalue weighted by molar-refractivity contribution is 6.34. The molecule has 0 bridgehead atoms. The maximum Gasteiger partial charge on any atom is 0.332 e. The minimum Gasteiger partial charge on any atom is -0.494 e. The third-order valence-corrected chi connectivity index (χ3v) is 5.74. The predicted octanol–water partition coefficient (Wildman–Crippen LogP) is 3.19. The highest BCUT2D eigenvalue weighted by Crippen LogP contribution is 2.36. The molecule has 2 heterocycles. The van der Waals surface area contributed by atoms with Crippen LogP contribution < -0.4 is 27.0 Å². The average Bonchev–Trinajstić information content (AvgIpc) is 2.82. The number of nitrogen functional groups attached to an aromatic ring is 1. The summed E-state index contributed by atoms with van der Waals surface area (Å²) in [6, 6.07) is 13.6.